The molecule has 12 heteroatoms. The van der Waals surface area contributed by atoms with Crippen molar-refractivity contribution in [3.8, 4) is 0 Å². The molecule has 0 spiro atoms. The standard InChI is InChI=1S/C18H20F4N2O5S/c1-18(21,22)16(25)23-4-9-5-24(17(26)29-9)8-2-12(19)15(13(20)3-8)14-10-6-30(27,28)7-11(10)14/h2-3,9-11,14,27-28H,4-7H2,1H3,(H,23,25)/t9-,10-,11+,14?/m0/s1. The van der Waals surface area contributed by atoms with E-state index in [1.54, 1.807) is 0 Å². The number of benzene rings is 1. The van der Waals surface area contributed by atoms with E-state index in [2.05, 4.69) is 0 Å². The minimum absolute atomic E-state index is 0.0940. The van der Waals surface area contributed by atoms with Crippen LogP contribution in [0.5, 0.6) is 0 Å². The van der Waals surface area contributed by atoms with Gasteiger partial charge in [0.1, 0.15) is 17.7 Å². The lowest BCUT2D eigenvalue weighted by Crippen LogP contribution is -2.42. The summed E-state index contributed by atoms with van der Waals surface area (Å²) in [6, 6.07) is 1.99. The molecule has 2 saturated heterocycles. The summed E-state index contributed by atoms with van der Waals surface area (Å²) in [5, 5.41) is 1.96. The van der Waals surface area contributed by atoms with Crippen molar-refractivity contribution in [2.24, 2.45) is 11.8 Å². The molecule has 3 aliphatic rings. The van der Waals surface area contributed by atoms with Crippen LogP contribution >= 0.6 is 10.6 Å². The van der Waals surface area contributed by atoms with Gasteiger partial charge in [-0.1, -0.05) is 0 Å². The number of ether oxygens (including phenoxy) is 1. The second-order valence-electron chi connectivity index (χ2n) is 8.03. The van der Waals surface area contributed by atoms with Gasteiger partial charge in [-0.2, -0.15) is 19.4 Å². The van der Waals surface area contributed by atoms with E-state index >= 15 is 0 Å². The maximum atomic E-state index is 14.7. The topological polar surface area (TPSA) is 99.1 Å². The van der Waals surface area contributed by atoms with Crippen molar-refractivity contribution in [2.45, 2.75) is 24.9 Å². The smallest absolute Gasteiger partial charge is 0.414 e. The fraction of sp³-hybridized carbons (Fsp3) is 0.556. The first-order valence-electron chi connectivity index (χ1n) is 9.24. The van der Waals surface area contributed by atoms with Crippen LogP contribution in [0.25, 0.3) is 0 Å². The van der Waals surface area contributed by atoms with Gasteiger partial charge in [0.15, 0.2) is 0 Å². The number of carbonyl (C=O) groups excluding carboxylic acids is 2. The molecule has 3 fully saturated rings. The van der Waals surface area contributed by atoms with Crippen LogP contribution in [0.2, 0.25) is 0 Å². The maximum Gasteiger partial charge on any atom is 0.414 e. The van der Waals surface area contributed by atoms with Crippen molar-refractivity contribution in [3.05, 3.63) is 29.3 Å². The van der Waals surface area contributed by atoms with Crippen LogP contribution in [0.15, 0.2) is 12.1 Å². The number of hydrogen-bond acceptors (Lipinski definition) is 5. The van der Waals surface area contributed by atoms with Gasteiger partial charge in [0.2, 0.25) is 0 Å². The number of carbonyl (C=O) groups is 2. The molecule has 1 aliphatic carbocycles. The normalized spacial score (nSPS) is 30.6. The first kappa shape index (κ1) is 21.2. The zero-order valence-corrected chi connectivity index (χ0v) is 16.6. The summed E-state index contributed by atoms with van der Waals surface area (Å²) in [5.74, 6) is -7.33. The first-order valence-corrected chi connectivity index (χ1v) is 11.1. The Kier molecular flexibility index (Phi) is 4.94. The highest BCUT2D eigenvalue weighted by Crippen LogP contribution is 2.69. The average Bonchev–Trinajstić information content (AvgIpc) is 2.96. The van der Waals surface area contributed by atoms with E-state index in [1.165, 1.54) is 0 Å². The number of hydrogen-bond donors (Lipinski definition) is 3. The Morgan fingerprint density at radius 2 is 1.83 bits per heavy atom. The summed E-state index contributed by atoms with van der Waals surface area (Å²) >= 11 is 0. The third kappa shape index (κ3) is 3.83. The molecule has 4 rings (SSSR count). The minimum atomic E-state index is -3.58. The quantitative estimate of drug-likeness (QED) is 0.596. The van der Waals surface area contributed by atoms with Crippen molar-refractivity contribution >= 4 is 28.3 Å². The molecule has 2 heterocycles. The Hall–Kier alpha value is -2.05. The summed E-state index contributed by atoms with van der Waals surface area (Å²) in [6.45, 7) is -0.119. The van der Waals surface area contributed by atoms with E-state index in [1.807, 2.05) is 5.32 Å². The van der Waals surface area contributed by atoms with Gasteiger partial charge in [-0.3, -0.25) is 18.8 Å². The number of amides is 2. The summed E-state index contributed by atoms with van der Waals surface area (Å²) in [7, 11) is -2.66. The Bertz CT molecular complexity index is 872. The van der Waals surface area contributed by atoms with Crippen molar-refractivity contribution in [1.29, 1.82) is 0 Å². The highest BCUT2D eigenvalue weighted by atomic mass is 32.3. The lowest BCUT2D eigenvalue weighted by molar-refractivity contribution is -0.143. The second kappa shape index (κ2) is 6.99. The lowest BCUT2D eigenvalue weighted by Gasteiger charge is -2.29. The van der Waals surface area contributed by atoms with E-state index in [0.29, 0.717) is 6.92 Å². The van der Waals surface area contributed by atoms with Crippen LogP contribution in [0, 0.1) is 23.5 Å². The summed E-state index contributed by atoms with van der Waals surface area (Å²) in [6.07, 6.45) is -1.87. The average molecular weight is 452 g/mol. The monoisotopic (exact) mass is 452 g/mol. The van der Waals surface area contributed by atoms with E-state index in [4.69, 9.17) is 4.74 Å². The summed E-state index contributed by atoms with van der Waals surface area (Å²) in [4.78, 5) is 24.2. The Morgan fingerprint density at radius 1 is 1.27 bits per heavy atom. The van der Waals surface area contributed by atoms with Crippen molar-refractivity contribution in [2.75, 3.05) is 29.5 Å². The number of alkyl halides is 2. The van der Waals surface area contributed by atoms with Gasteiger partial charge < -0.3 is 10.1 Å². The van der Waals surface area contributed by atoms with Crippen molar-refractivity contribution in [3.63, 3.8) is 0 Å². The van der Waals surface area contributed by atoms with Gasteiger partial charge in [0.05, 0.1) is 18.8 Å². The first-order chi connectivity index (χ1) is 13.9. The zero-order chi connectivity index (χ0) is 22.0. The molecule has 2 amide bonds. The third-order valence-electron chi connectivity index (χ3n) is 5.72. The fourth-order valence-electron chi connectivity index (χ4n) is 4.26. The number of halogens is 4. The molecule has 1 saturated carbocycles. The summed E-state index contributed by atoms with van der Waals surface area (Å²) < 4.78 is 79.5. The molecule has 3 N–H and O–H groups in total. The number of rotatable bonds is 5. The lowest BCUT2D eigenvalue weighted by atomic mass is 10.1. The molecule has 1 aromatic carbocycles. The summed E-state index contributed by atoms with van der Waals surface area (Å²) in [5.41, 5.74) is -0.228. The predicted molar refractivity (Wildman–Crippen MR) is 99.9 cm³/mol. The fourth-order valence-corrected chi connectivity index (χ4v) is 6.54. The molecular weight excluding hydrogens is 432 g/mol. The number of nitrogens with one attached hydrogen (secondary N) is 1. The molecule has 1 aromatic rings. The van der Waals surface area contributed by atoms with Crippen LogP contribution in [0.3, 0.4) is 0 Å². The molecule has 7 nitrogen and oxygen atoms in total. The number of anilines is 1. The molecule has 1 unspecified atom stereocenters. The van der Waals surface area contributed by atoms with Crippen molar-refractivity contribution in [1.82, 2.24) is 5.32 Å². The molecule has 0 radical (unpaired) electrons. The molecule has 30 heavy (non-hydrogen) atoms. The third-order valence-corrected chi connectivity index (χ3v) is 7.56. The van der Waals surface area contributed by atoms with Crippen LogP contribution in [0.1, 0.15) is 18.4 Å². The van der Waals surface area contributed by atoms with Crippen LogP contribution in [-0.4, -0.2) is 57.7 Å². The molecular formula is C18H20F4N2O5S. The molecule has 0 bridgehead atoms. The highest BCUT2D eigenvalue weighted by molar-refractivity contribution is 8.24. The van der Waals surface area contributed by atoms with Gasteiger partial charge in [-0.05, 0) is 29.9 Å². The van der Waals surface area contributed by atoms with Crippen molar-refractivity contribution < 1.29 is 41.0 Å². The van der Waals surface area contributed by atoms with Gasteiger partial charge in [-0.25, -0.2) is 13.6 Å². The Labute approximate surface area is 170 Å². The van der Waals surface area contributed by atoms with E-state index in [9.17, 15) is 36.3 Å². The number of cyclic esters (lactones) is 1. The number of fused-ring (bicyclic) bond motifs is 1. The van der Waals surface area contributed by atoms with Crippen LogP contribution in [0.4, 0.5) is 28.0 Å². The zero-order valence-electron chi connectivity index (χ0n) is 15.8. The SMILES string of the molecule is CC(F)(F)C(=O)NC[C@H]1CN(c2cc(F)c(C3[C@H]4CS(O)(O)C[C@@H]34)c(F)c2)C(=O)O1. The van der Waals surface area contributed by atoms with Crippen LogP contribution < -0.4 is 10.2 Å². The van der Waals surface area contributed by atoms with Gasteiger partial charge in [0.25, 0.3) is 5.91 Å². The molecule has 2 aliphatic heterocycles. The molecule has 0 aromatic heterocycles. The van der Waals surface area contributed by atoms with Gasteiger partial charge >= 0.3 is 12.0 Å². The van der Waals surface area contributed by atoms with Crippen LogP contribution in [-0.2, 0) is 9.53 Å². The maximum absolute atomic E-state index is 14.7. The minimum Gasteiger partial charge on any atom is -0.442 e. The highest BCUT2D eigenvalue weighted by Gasteiger charge is 2.60. The Balaban J connectivity index is 1.44. The van der Waals surface area contributed by atoms with E-state index < -0.39 is 52.2 Å². The second-order valence-corrected chi connectivity index (χ2v) is 10.3. The van der Waals surface area contributed by atoms with E-state index in [-0.39, 0.29) is 47.7 Å². The Morgan fingerprint density at radius 3 is 2.37 bits per heavy atom. The predicted octanol–water partition coefficient (Wildman–Crippen LogP) is 3.16. The molecule has 166 valence electrons. The molecule has 4 atom stereocenters. The van der Waals surface area contributed by atoms with Gasteiger partial charge in [-0.15, -0.1) is 0 Å². The number of nitrogens with zero attached hydrogens (tertiary/aromatic N) is 1. The van der Waals surface area contributed by atoms with E-state index in [0.717, 1.165) is 17.0 Å². The van der Waals surface area contributed by atoms with Gasteiger partial charge in [0, 0.05) is 24.0 Å². The largest absolute Gasteiger partial charge is 0.442 e.